The molecule has 0 radical (unpaired) electrons. The van der Waals surface area contributed by atoms with Crippen LogP contribution in [-0.2, 0) is 4.79 Å². The lowest BCUT2D eigenvalue weighted by Gasteiger charge is -2.26. The third-order valence-electron chi connectivity index (χ3n) is 3.42. The standard InChI is InChI=1S/C15H24O/c1-3-5-7-14-8-11-15(13-16,12-9-14)10-6-4-2/h8-9,11,13H,3-7,10,12H2,1-2H3. The lowest BCUT2D eigenvalue weighted by molar-refractivity contribution is -0.114. The van der Waals surface area contributed by atoms with Gasteiger partial charge in [0.05, 0.1) is 0 Å². The van der Waals surface area contributed by atoms with Gasteiger partial charge in [-0.25, -0.2) is 0 Å². The van der Waals surface area contributed by atoms with Crippen molar-refractivity contribution in [3.8, 4) is 0 Å². The number of hydrogen-bond donors (Lipinski definition) is 0. The van der Waals surface area contributed by atoms with Gasteiger partial charge >= 0.3 is 0 Å². The second kappa shape index (κ2) is 6.67. The number of allylic oxidation sites excluding steroid dienone is 4. The van der Waals surface area contributed by atoms with Crippen LogP contribution in [0.25, 0.3) is 0 Å². The van der Waals surface area contributed by atoms with Crippen molar-refractivity contribution in [2.24, 2.45) is 5.41 Å². The maximum Gasteiger partial charge on any atom is 0.130 e. The SMILES string of the molecule is CCCCC1=CCC(C=O)(CCCC)C=C1. The zero-order chi connectivity index (χ0) is 11.9. The van der Waals surface area contributed by atoms with Crippen LogP contribution in [-0.4, -0.2) is 6.29 Å². The van der Waals surface area contributed by atoms with E-state index >= 15 is 0 Å². The summed E-state index contributed by atoms with van der Waals surface area (Å²) in [5.74, 6) is 0. The first-order chi connectivity index (χ1) is 7.76. The van der Waals surface area contributed by atoms with E-state index in [1.807, 2.05) is 0 Å². The second-order valence-corrected chi connectivity index (χ2v) is 4.87. The van der Waals surface area contributed by atoms with Crippen LogP contribution < -0.4 is 0 Å². The van der Waals surface area contributed by atoms with Gasteiger partial charge in [-0.3, -0.25) is 0 Å². The topological polar surface area (TPSA) is 17.1 Å². The van der Waals surface area contributed by atoms with Crippen LogP contribution in [0.2, 0.25) is 0 Å². The molecular formula is C15H24O. The van der Waals surface area contributed by atoms with Gasteiger partial charge in [0, 0.05) is 5.41 Å². The summed E-state index contributed by atoms with van der Waals surface area (Å²) in [4.78, 5) is 11.2. The van der Waals surface area contributed by atoms with Gasteiger partial charge in [-0.2, -0.15) is 0 Å². The van der Waals surface area contributed by atoms with E-state index in [1.165, 1.54) is 18.4 Å². The monoisotopic (exact) mass is 220 g/mol. The third-order valence-corrected chi connectivity index (χ3v) is 3.42. The Labute approximate surface area is 99.6 Å². The molecule has 1 aliphatic carbocycles. The molecule has 0 saturated carbocycles. The van der Waals surface area contributed by atoms with E-state index in [4.69, 9.17) is 0 Å². The molecule has 0 aliphatic heterocycles. The predicted molar refractivity (Wildman–Crippen MR) is 69.4 cm³/mol. The maximum absolute atomic E-state index is 11.2. The third kappa shape index (κ3) is 3.62. The van der Waals surface area contributed by atoms with Crippen molar-refractivity contribution in [1.82, 2.24) is 0 Å². The Bertz CT molecular complexity index is 275. The molecule has 1 aliphatic rings. The smallest absolute Gasteiger partial charge is 0.130 e. The van der Waals surface area contributed by atoms with E-state index in [-0.39, 0.29) is 5.41 Å². The van der Waals surface area contributed by atoms with Crippen LogP contribution in [0.15, 0.2) is 23.8 Å². The highest BCUT2D eigenvalue weighted by Gasteiger charge is 2.26. The summed E-state index contributed by atoms with van der Waals surface area (Å²) in [6.45, 7) is 4.39. The Balaban J connectivity index is 2.53. The van der Waals surface area contributed by atoms with Crippen LogP contribution in [0.1, 0.15) is 58.8 Å². The molecule has 0 N–H and O–H groups in total. The lowest BCUT2D eigenvalue weighted by Crippen LogP contribution is -2.21. The number of aldehydes is 1. The minimum Gasteiger partial charge on any atom is -0.302 e. The molecule has 1 unspecified atom stereocenters. The van der Waals surface area contributed by atoms with Gasteiger partial charge < -0.3 is 4.79 Å². The molecule has 0 aromatic carbocycles. The largest absolute Gasteiger partial charge is 0.302 e. The first kappa shape index (κ1) is 13.2. The first-order valence-electron chi connectivity index (χ1n) is 6.61. The van der Waals surface area contributed by atoms with Gasteiger partial charge in [0.15, 0.2) is 0 Å². The summed E-state index contributed by atoms with van der Waals surface area (Å²) in [6, 6.07) is 0. The summed E-state index contributed by atoms with van der Waals surface area (Å²) >= 11 is 0. The van der Waals surface area contributed by atoms with E-state index in [0.717, 1.165) is 38.4 Å². The molecule has 0 aromatic heterocycles. The second-order valence-electron chi connectivity index (χ2n) is 4.87. The molecule has 90 valence electrons. The molecule has 1 heteroatoms. The molecule has 0 bridgehead atoms. The Morgan fingerprint density at radius 3 is 2.56 bits per heavy atom. The number of carbonyl (C=O) groups excluding carboxylic acids is 1. The minimum atomic E-state index is -0.189. The highest BCUT2D eigenvalue weighted by atomic mass is 16.1. The summed E-state index contributed by atoms with van der Waals surface area (Å²) in [6.07, 6.45) is 15.6. The Morgan fingerprint density at radius 2 is 2.06 bits per heavy atom. The van der Waals surface area contributed by atoms with Crippen molar-refractivity contribution >= 4 is 6.29 Å². The maximum atomic E-state index is 11.2. The molecule has 0 fully saturated rings. The van der Waals surface area contributed by atoms with Crippen LogP contribution in [0, 0.1) is 5.41 Å². The van der Waals surface area contributed by atoms with E-state index < -0.39 is 0 Å². The van der Waals surface area contributed by atoms with Crippen LogP contribution in [0.5, 0.6) is 0 Å². The van der Waals surface area contributed by atoms with Crippen molar-refractivity contribution in [2.75, 3.05) is 0 Å². The fraction of sp³-hybridized carbons (Fsp3) is 0.667. The molecule has 1 nitrogen and oxygen atoms in total. The fourth-order valence-electron chi connectivity index (χ4n) is 2.13. The van der Waals surface area contributed by atoms with Crippen molar-refractivity contribution in [1.29, 1.82) is 0 Å². The normalized spacial score (nSPS) is 24.2. The van der Waals surface area contributed by atoms with Gasteiger partial charge in [0.1, 0.15) is 6.29 Å². The zero-order valence-corrected chi connectivity index (χ0v) is 10.7. The first-order valence-corrected chi connectivity index (χ1v) is 6.61. The van der Waals surface area contributed by atoms with Gasteiger partial charge in [0.2, 0.25) is 0 Å². The molecule has 0 amide bonds. The van der Waals surface area contributed by atoms with Crippen molar-refractivity contribution < 1.29 is 4.79 Å². The predicted octanol–water partition coefficient (Wildman–Crippen LogP) is 4.44. The number of hydrogen-bond acceptors (Lipinski definition) is 1. The molecule has 0 spiro atoms. The summed E-state index contributed by atoms with van der Waals surface area (Å²) in [7, 11) is 0. The molecule has 16 heavy (non-hydrogen) atoms. The van der Waals surface area contributed by atoms with E-state index in [9.17, 15) is 4.79 Å². The lowest BCUT2D eigenvalue weighted by atomic mass is 9.77. The highest BCUT2D eigenvalue weighted by molar-refractivity contribution is 5.64. The van der Waals surface area contributed by atoms with Crippen molar-refractivity contribution in [2.45, 2.75) is 58.8 Å². The summed E-state index contributed by atoms with van der Waals surface area (Å²) in [5, 5.41) is 0. The highest BCUT2D eigenvalue weighted by Crippen LogP contribution is 2.34. The average Bonchev–Trinajstić information content (AvgIpc) is 2.35. The minimum absolute atomic E-state index is 0.189. The quantitative estimate of drug-likeness (QED) is 0.580. The molecule has 0 saturated heterocycles. The Morgan fingerprint density at radius 1 is 1.31 bits per heavy atom. The number of unbranched alkanes of at least 4 members (excludes halogenated alkanes) is 2. The van der Waals surface area contributed by atoms with Crippen LogP contribution >= 0.6 is 0 Å². The van der Waals surface area contributed by atoms with Gasteiger partial charge in [-0.15, -0.1) is 0 Å². The van der Waals surface area contributed by atoms with Crippen molar-refractivity contribution in [3.63, 3.8) is 0 Å². The zero-order valence-electron chi connectivity index (χ0n) is 10.7. The molecule has 1 rings (SSSR count). The van der Waals surface area contributed by atoms with E-state index in [2.05, 4.69) is 32.1 Å². The van der Waals surface area contributed by atoms with Gasteiger partial charge in [0.25, 0.3) is 0 Å². The fourth-order valence-corrected chi connectivity index (χ4v) is 2.13. The average molecular weight is 220 g/mol. The van der Waals surface area contributed by atoms with E-state index in [0.29, 0.717) is 0 Å². The number of carbonyl (C=O) groups is 1. The van der Waals surface area contributed by atoms with E-state index in [1.54, 1.807) is 0 Å². The number of rotatable bonds is 7. The molecular weight excluding hydrogens is 196 g/mol. The molecule has 0 aromatic rings. The molecule has 0 heterocycles. The summed E-state index contributed by atoms with van der Waals surface area (Å²) in [5.41, 5.74) is 1.22. The summed E-state index contributed by atoms with van der Waals surface area (Å²) < 4.78 is 0. The van der Waals surface area contributed by atoms with Gasteiger partial charge in [-0.05, 0) is 25.7 Å². The van der Waals surface area contributed by atoms with Crippen molar-refractivity contribution in [3.05, 3.63) is 23.8 Å². The van der Waals surface area contributed by atoms with Gasteiger partial charge in [-0.1, -0.05) is 56.9 Å². The Hall–Kier alpha value is -0.850. The van der Waals surface area contributed by atoms with Crippen LogP contribution in [0.3, 0.4) is 0 Å². The molecule has 1 atom stereocenters. The Kier molecular flexibility index (Phi) is 5.51. The van der Waals surface area contributed by atoms with Crippen LogP contribution in [0.4, 0.5) is 0 Å².